The SMILES string of the molecule is Cc1ccc(C)c(NC(=O)[C@H](C)OC(=O)CN2C(=O)CSc3ccccc32)c1. The molecule has 0 radical (unpaired) electrons. The van der Waals surface area contributed by atoms with Crippen molar-refractivity contribution in [2.45, 2.75) is 31.8 Å². The number of aryl methyl sites for hydroxylation is 2. The Morgan fingerprint density at radius 1 is 1.21 bits per heavy atom. The summed E-state index contributed by atoms with van der Waals surface area (Å²) < 4.78 is 5.27. The highest BCUT2D eigenvalue weighted by Gasteiger charge is 2.28. The van der Waals surface area contributed by atoms with E-state index in [0.29, 0.717) is 11.4 Å². The van der Waals surface area contributed by atoms with E-state index in [-0.39, 0.29) is 18.2 Å². The van der Waals surface area contributed by atoms with Gasteiger partial charge in [-0.1, -0.05) is 24.3 Å². The van der Waals surface area contributed by atoms with Crippen molar-refractivity contribution in [3.05, 3.63) is 53.6 Å². The first kappa shape index (κ1) is 19.9. The number of benzene rings is 2. The average Bonchev–Trinajstić information content (AvgIpc) is 2.67. The van der Waals surface area contributed by atoms with Crippen LogP contribution in [-0.2, 0) is 19.1 Å². The molecule has 0 aromatic heterocycles. The second-order valence-corrected chi connectivity index (χ2v) is 7.69. The number of nitrogens with one attached hydrogen (secondary N) is 1. The lowest BCUT2D eigenvalue weighted by molar-refractivity contribution is -0.152. The third kappa shape index (κ3) is 4.54. The summed E-state index contributed by atoms with van der Waals surface area (Å²) in [6.45, 7) is 5.12. The van der Waals surface area contributed by atoms with Gasteiger partial charge in [0, 0.05) is 10.6 Å². The number of carbonyl (C=O) groups is 3. The first-order valence-electron chi connectivity index (χ1n) is 8.95. The van der Waals surface area contributed by atoms with E-state index >= 15 is 0 Å². The molecule has 3 rings (SSSR count). The van der Waals surface area contributed by atoms with Crippen LogP contribution in [0.15, 0.2) is 47.4 Å². The number of carbonyl (C=O) groups excluding carboxylic acids is 3. The predicted octanol–water partition coefficient (Wildman–Crippen LogP) is 3.31. The number of rotatable bonds is 5. The second kappa shape index (κ2) is 8.48. The van der Waals surface area contributed by atoms with Crippen molar-refractivity contribution in [1.29, 1.82) is 0 Å². The van der Waals surface area contributed by atoms with Gasteiger partial charge in [-0.25, -0.2) is 0 Å². The van der Waals surface area contributed by atoms with Crippen LogP contribution >= 0.6 is 11.8 Å². The summed E-state index contributed by atoms with van der Waals surface area (Å²) in [6, 6.07) is 13.1. The molecule has 0 bridgehead atoms. The summed E-state index contributed by atoms with van der Waals surface area (Å²) in [5.74, 6) is -0.928. The van der Waals surface area contributed by atoms with Crippen molar-refractivity contribution in [2.24, 2.45) is 0 Å². The molecule has 1 aliphatic heterocycles. The molecule has 0 saturated heterocycles. The number of hydrogen-bond acceptors (Lipinski definition) is 5. The van der Waals surface area contributed by atoms with Crippen LogP contribution < -0.4 is 10.2 Å². The van der Waals surface area contributed by atoms with E-state index in [1.54, 1.807) is 6.07 Å². The Kier molecular flexibility index (Phi) is 6.04. The molecular formula is C21H22N2O4S. The van der Waals surface area contributed by atoms with Gasteiger partial charge in [-0.05, 0) is 50.1 Å². The average molecular weight is 398 g/mol. The van der Waals surface area contributed by atoms with Gasteiger partial charge in [-0.2, -0.15) is 0 Å². The lowest BCUT2D eigenvalue weighted by Gasteiger charge is -2.28. The molecule has 0 unspecified atom stereocenters. The minimum absolute atomic E-state index is 0.159. The summed E-state index contributed by atoms with van der Waals surface area (Å²) in [6.07, 6.45) is -0.975. The number of fused-ring (bicyclic) bond motifs is 1. The molecule has 1 N–H and O–H groups in total. The Morgan fingerprint density at radius 2 is 1.96 bits per heavy atom. The zero-order chi connectivity index (χ0) is 20.3. The van der Waals surface area contributed by atoms with Crippen molar-refractivity contribution in [3.8, 4) is 0 Å². The monoisotopic (exact) mass is 398 g/mol. The fraction of sp³-hybridized carbons (Fsp3) is 0.286. The van der Waals surface area contributed by atoms with E-state index in [1.165, 1.54) is 23.6 Å². The lowest BCUT2D eigenvalue weighted by atomic mass is 10.1. The van der Waals surface area contributed by atoms with Crippen LogP contribution in [0.3, 0.4) is 0 Å². The molecule has 1 aliphatic rings. The number of hydrogen-bond donors (Lipinski definition) is 1. The largest absolute Gasteiger partial charge is 0.451 e. The Bertz CT molecular complexity index is 928. The van der Waals surface area contributed by atoms with Crippen LogP contribution in [0.25, 0.3) is 0 Å². The summed E-state index contributed by atoms with van der Waals surface area (Å²) in [4.78, 5) is 39.3. The number of esters is 1. The van der Waals surface area contributed by atoms with Gasteiger partial charge in [-0.3, -0.25) is 19.3 Å². The van der Waals surface area contributed by atoms with Gasteiger partial charge in [0.25, 0.3) is 5.91 Å². The highest BCUT2D eigenvalue weighted by atomic mass is 32.2. The van der Waals surface area contributed by atoms with Crippen LogP contribution in [0.1, 0.15) is 18.1 Å². The van der Waals surface area contributed by atoms with E-state index in [2.05, 4.69) is 5.32 Å². The second-order valence-electron chi connectivity index (χ2n) is 6.68. The van der Waals surface area contributed by atoms with Gasteiger partial charge >= 0.3 is 5.97 Å². The molecule has 6 nitrogen and oxygen atoms in total. The Morgan fingerprint density at radius 3 is 2.75 bits per heavy atom. The van der Waals surface area contributed by atoms with Crippen LogP contribution in [0, 0.1) is 13.8 Å². The van der Waals surface area contributed by atoms with Crippen LogP contribution in [0.2, 0.25) is 0 Å². The molecule has 2 amide bonds. The topological polar surface area (TPSA) is 75.7 Å². The summed E-state index contributed by atoms with van der Waals surface area (Å²) >= 11 is 1.44. The Hall–Kier alpha value is -2.80. The molecule has 1 heterocycles. The van der Waals surface area contributed by atoms with E-state index in [0.717, 1.165) is 16.0 Å². The zero-order valence-corrected chi connectivity index (χ0v) is 16.8. The summed E-state index contributed by atoms with van der Waals surface area (Å²) in [5, 5.41) is 2.78. The quantitative estimate of drug-likeness (QED) is 0.782. The lowest BCUT2D eigenvalue weighted by Crippen LogP contribution is -2.41. The molecule has 0 fully saturated rings. The molecule has 2 aromatic carbocycles. The fourth-order valence-electron chi connectivity index (χ4n) is 2.85. The van der Waals surface area contributed by atoms with E-state index in [9.17, 15) is 14.4 Å². The zero-order valence-electron chi connectivity index (χ0n) is 16.0. The molecule has 7 heteroatoms. The van der Waals surface area contributed by atoms with Crippen molar-refractivity contribution in [2.75, 3.05) is 22.5 Å². The molecular weight excluding hydrogens is 376 g/mol. The van der Waals surface area contributed by atoms with E-state index in [4.69, 9.17) is 4.74 Å². The maximum absolute atomic E-state index is 12.4. The van der Waals surface area contributed by atoms with Crippen LogP contribution in [0.5, 0.6) is 0 Å². The minimum atomic E-state index is -0.975. The molecule has 0 spiro atoms. The fourth-order valence-corrected chi connectivity index (χ4v) is 3.78. The highest BCUT2D eigenvalue weighted by molar-refractivity contribution is 8.00. The predicted molar refractivity (Wildman–Crippen MR) is 110 cm³/mol. The number of para-hydroxylation sites is 1. The van der Waals surface area contributed by atoms with Crippen LogP contribution in [0.4, 0.5) is 11.4 Å². The summed E-state index contributed by atoms with van der Waals surface area (Å²) in [7, 11) is 0. The number of anilines is 2. The van der Waals surface area contributed by atoms with Crippen LogP contribution in [-0.4, -0.2) is 36.2 Å². The molecule has 2 aromatic rings. The van der Waals surface area contributed by atoms with Gasteiger partial charge in [0.05, 0.1) is 11.4 Å². The van der Waals surface area contributed by atoms with E-state index < -0.39 is 18.0 Å². The number of thioether (sulfide) groups is 1. The minimum Gasteiger partial charge on any atom is -0.451 e. The van der Waals surface area contributed by atoms with Crippen molar-refractivity contribution >= 4 is 40.9 Å². The normalized spacial score (nSPS) is 14.2. The van der Waals surface area contributed by atoms with E-state index in [1.807, 2.05) is 50.2 Å². The van der Waals surface area contributed by atoms with Crippen molar-refractivity contribution < 1.29 is 19.1 Å². The first-order valence-corrected chi connectivity index (χ1v) is 9.93. The van der Waals surface area contributed by atoms with Gasteiger partial charge in [0.15, 0.2) is 6.10 Å². The number of ether oxygens (including phenoxy) is 1. The van der Waals surface area contributed by atoms with Gasteiger partial charge < -0.3 is 10.1 Å². The Labute approximate surface area is 168 Å². The molecule has 0 aliphatic carbocycles. The Balaban J connectivity index is 1.62. The molecule has 146 valence electrons. The van der Waals surface area contributed by atoms with Gasteiger partial charge in [0.2, 0.25) is 5.91 Å². The smallest absolute Gasteiger partial charge is 0.326 e. The standard InChI is InChI=1S/C21H22N2O4S/c1-13-8-9-14(2)16(10-13)22-21(26)15(3)27-20(25)11-23-17-6-4-5-7-18(17)28-12-19(23)24/h4-10,15H,11-12H2,1-3H3,(H,22,26)/t15-/m0/s1. The summed E-state index contributed by atoms with van der Waals surface area (Å²) in [5.41, 5.74) is 3.31. The number of nitrogens with zero attached hydrogens (tertiary/aromatic N) is 1. The third-order valence-electron chi connectivity index (χ3n) is 4.42. The molecule has 0 saturated carbocycles. The highest BCUT2D eigenvalue weighted by Crippen LogP contribution is 2.34. The van der Waals surface area contributed by atoms with Gasteiger partial charge in [0.1, 0.15) is 6.54 Å². The van der Waals surface area contributed by atoms with Crippen molar-refractivity contribution in [3.63, 3.8) is 0 Å². The number of amides is 2. The third-order valence-corrected chi connectivity index (χ3v) is 5.47. The molecule has 28 heavy (non-hydrogen) atoms. The van der Waals surface area contributed by atoms with Crippen molar-refractivity contribution in [1.82, 2.24) is 0 Å². The first-order chi connectivity index (χ1) is 13.3. The maximum Gasteiger partial charge on any atom is 0.326 e. The molecule has 1 atom stereocenters. The van der Waals surface area contributed by atoms with Gasteiger partial charge in [-0.15, -0.1) is 11.8 Å². The maximum atomic E-state index is 12.4.